The second kappa shape index (κ2) is 4.19. The summed E-state index contributed by atoms with van der Waals surface area (Å²) in [4.78, 5) is 0. The lowest BCUT2D eigenvalue weighted by Gasteiger charge is -2.41. The zero-order valence-electron chi connectivity index (χ0n) is 9.37. The maximum absolute atomic E-state index is 9.23. The van der Waals surface area contributed by atoms with Crippen molar-refractivity contribution in [2.45, 2.75) is 64.1 Å². The van der Waals surface area contributed by atoms with Crippen molar-refractivity contribution >= 4 is 0 Å². The van der Waals surface area contributed by atoms with Gasteiger partial charge in [0.15, 0.2) is 0 Å². The van der Waals surface area contributed by atoms with Gasteiger partial charge >= 0.3 is 0 Å². The van der Waals surface area contributed by atoms with Gasteiger partial charge in [0.25, 0.3) is 0 Å². The highest BCUT2D eigenvalue weighted by Crippen LogP contribution is 2.31. The molecule has 2 N–H and O–H groups in total. The molecule has 0 aliphatic heterocycles. The minimum atomic E-state index is -0.0242. The molecule has 3 atom stereocenters. The summed E-state index contributed by atoms with van der Waals surface area (Å²) in [6.45, 7) is 4.74. The number of rotatable bonds is 2. The normalized spacial score (nSPS) is 48.6. The monoisotopic (exact) mass is 197 g/mol. The van der Waals surface area contributed by atoms with Crippen LogP contribution >= 0.6 is 0 Å². The second-order valence-corrected chi connectivity index (χ2v) is 5.36. The van der Waals surface area contributed by atoms with E-state index < -0.39 is 0 Å². The first kappa shape index (κ1) is 10.4. The van der Waals surface area contributed by atoms with Gasteiger partial charge in [-0.1, -0.05) is 26.7 Å². The Bertz CT molecular complexity index is 189. The molecule has 14 heavy (non-hydrogen) atoms. The van der Waals surface area contributed by atoms with Gasteiger partial charge in [0.2, 0.25) is 0 Å². The number of hydrogen-bond acceptors (Lipinski definition) is 2. The maximum atomic E-state index is 9.23. The van der Waals surface area contributed by atoms with Crippen molar-refractivity contribution in [2.75, 3.05) is 0 Å². The lowest BCUT2D eigenvalue weighted by Crippen LogP contribution is -2.52. The molecule has 2 fully saturated rings. The third kappa shape index (κ3) is 2.12. The lowest BCUT2D eigenvalue weighted by atomic mass is 9.76. The Morgan fingerprint density at radius 3 is 2.50 bits per heavy atom. The molecule has 2 heteroatoms. The molecule has 82 valence electrons. The van der Waals surface area contributed by atoms with E-state index in [0.717, 1.165) is 24.7 Å². The summed E-state index contributed by atoms with van der Waals surface area (Å²) in [6.07, 6.45) is 6.02. The topological polar surface area (TPSA) is 32.3 Å². The van der Waals surface area contributed by atoms with Gasteiger partial charge in [0.05, 0.1) is 6.10 Å². The smallest absolute Gasteiger partial charge is 0.0570 e. The molecule has 0 aromatic heterocycles. The molecular weight excluding hydrogens is 174 g/mol. The fourth-order valence-electron chi connectivity index (χ4n) is 2.84. The molecular formula is C12H23NO. The second-order valence-electron chi connectivity index (χ2n) is 5.36. The predicted molar refractivity (Wildman–Crippen MR) is 58.1 cm³/mol. The molecule has 3 unspecified atom stereocenters. The number of hydrogen-bond donors (Lipinski definition) is 2. The van der Waals surface area contributed by atoms with Crippen molar-refractivity contribution in [3.8, 4) is 0 Å². The first-order valence-corrected chi connectivity index (χ1v) is 6.11. The first-order chi connectivity index (χ1) is 6.66. The average molecular weight is 197 g/mol. The van der Waals surface area contributed by atoms with Gasteiger partial charge in [0.1, 0.15) is 0 Å². The van der Waals surface area contributed by atoms with Crippen molar-refractivity contribution in [1.29, 1.82) is 0 Å². The van der Waals surface area contributed by atoms with E-state index in [9.17, 15) is 5.11 Å². The number of aliphatic hydroxyl groups is 1. The average Bonchev–Trinajstić information content (AvgIpc) is 2.10. The predicted octanol–water partition coefficient (Wildman–Crippen LogP) is 1.92. The number of nitrogens with one attached hydrogen (secondary N) is 1. The molecule has 0 bridgehead atoms. The Hall–Kier alpha value is -0.0800. The molecule has 0 spiro atoms. The van der Waals surface area contributed by atoms with Crippen LogP contribution in [0.3, 0.4) is 0 Å². The largest absolute Gasteiger partial charge is 0.393 e. The van der Waals surface area contributed by atoms with E-state index in [4.69, 9.17) is 0 Å². The van der Waals surface area contributed by atoms with Crippen LogP contribution in [-0.4, -0.2) is 23.3 Å². The Labute approximate surface area is 87.1 Å². The first-order valence-electron chi connectivity index (χ1n) is 6.11. The maximum Gasteiger partial charge on any atom is 0.0570 e. The van der Waals surface area contributed by atoms with Crippen LogP contribution in [0.15, 0.2) is 0 Å². The van der Waals surface area contributed by atoms with Gasteiger partial charge in [-0.15, -0.1) is 0 Å². The Morgan fingerprint density at radius 2 is 1.86 bits per heavy atom. The summed E-state index contributed by atoms with van der Waals surface area (Å²) in [5.74, 6) is 1.67. The Kier molecular flexibility index (Phi) is 3.13. The fourth-order valence-corrected chi connectivity index (χ4v) is 2.84. The third-order valence-electron chi connectivity index (χ3n) is 4.27. The van der Waals surface area contributed by atoms with Crippen LogP contribution in [-0.2, 0) is 0 Å². The van der Waals surface area contributed by atoms with Gasteiger partial charge in [-0.25, -0.2) is 0 Å². The summed E-state index contributed by atoms with van der Waals surface area (Å²) in [5, 5.41) is 12.9. The van der Waals surface area contributed by atoms with E-state index in [1.54, 1.807) is 0 Å². The van der Waals surface area contributed by atoms with E-state index in [0.29, 0.717) is 12.1 Å². The standard InChI is InChI=1S/C12H23NO/c1-8-4-3-5-12(9(8)2)13-10-6-11(14)7-10/h8-14H,3-7H2,1-2H3. The summed E-state index contributed by atoms with van der Waals surface area (Å²) < 4.78 is 0. The summed E-state index contributed by atoms with van der Waals surface area (Å²) in [6, 6.07) is 1.30. The van der Waals surface area contributed by atoms with Crippen LogP contribution in [0.4, 0.5) is 0 Å². The Balaban J connectivity index is 1.79. The van der Waals surface area contributed by atoms with Crippen molar-refractivity contribution in [3.63, 3.8) is 0 Å². The van der Waals surface area contributed by atoms with Crippen LogP contribution in [0.25, 0.3) is 0 Å². The van der Waals surface area contributed by atoms with Crippen LogP contribution in [0.1, 0.15) is 46.0 Å². The quantitative estimate of drug-likeness (QED) is 0.709. The van der Waals surface area contributed by atoms with Crippen molar-refractivity contribution < 1.29 is 5.11 Å². The van der Waals surface area contributed by atoms with E-state index in [2.05, 4.69) is 19.2 Å². The molecule has 0 aromatic carbocycles. The van der Waals surface area contributed by atoms with Gasteiger partial charge in [-0.05, 0) is 31.1 Å². The molecule has 0 aromatic rings. The van der Waals surface area contributed by atoms with E-state index in [-0.39, 0.29) is 6.10 Å². The summed E-state index contributed by atoms with van der Waals surface area (Å²) in [7, 11) is 0. The Morgan fingerprint density at radius 1 is 1.14 bits per heavy atom. The highest BCUT2D eigenvalue weighted by molar-refractivity contribution is 4.90. The number of aliphatic hydroxyl groups excluding tert-OH is 1. The molecule has 0 saturated heterocycles. The molecule has 0 amide bonds. The minimum Gasteiger partial charge on any atom is -0.393 e. The van der Waals surface area contributed by atoms with Crippen molar-refractivity contribution in [1.82, 2.24) is 5.32 Å². The molecule has 0 heterocycles. The molecule has 2 rings (SSSR count). The van der Waals surface area contributed by atoms with Crippen LogP contribution in [0.5, 0.6) is 0 Å². The van der Waals surface area contributed by atoms with E-state index in [1.165, 1.54) is 19.3 Å². The van der Waals surface area contributed by atoms with Crippen molar-refractivity contribution in [3.05, 3.63) is 0 Å². The van der Waals surface area contributed by atoms with Crippen LogP contribution in [0, 0.1) is 11.8 Å². The third-order valence-corrected chi connectivity index (χ3v) is 4.27. The van der Waals surface area contributed by atoms with Gasteiger partial charge in [-0.3, -0.25) is 0 Å². The SMILES string of the molecule is CC1CCCC(NC2CC(O)C2)C1C. The summed E-state index contributed by atoms with van der Waals surface area (Å²) in [5.41, 5.74) is 0. The van der Waals surface area contributed by atoms with Crippen LogP contribution < -0.4 is 5.32 Å². The molecule has 2 saturated carbocycles. The molecule has 2 aliphatic rings. The molecule has 2 aliphatic carbocycles. The molecule has 0 radical (unpaired) electrons. The highest BCUT2D eigenvalue weighted by Gasteiger charge is 2.33. The highest BCUT2D eigenvalue weighted by atomic mass is 16.3. The van der Waals surface area contributed by atoms with Gasteiger partial charge in [0, 0.05) is 12.1 Å². The van der Waals surface area contributed by atoms with Gasteiger partial charge < -0.3 is 10.4 Å². The van der Waals surface area contributed by atoms with E-state index >= 15 is 0 Å². The minimum absolute atomic E-state index is 0.0242. The zero-order valence-corrected chi connectivity index (χ0v) is 9.37. The van der Waals surface area contributed by atoms with Crippen LogP contribution in [0.2, 0.25) is 0 Å². The lowest BCUT2D eigenvalue weighted by molar-refractivity contribution is 0.0473. The summed E-state index contributed by atoms with van der Waals surface area (Å²) >= 11 is 0. The zero-order chi connectivity index (χ0) is 10.1. The van der Waals surface area contributed by atoms with Gasteiger partial charge in [-0.2, -0.15) is 0 Å². The molecule has 2 nitrogen and oxygen atoms in total. The van der Waals surface area contributed by atoms with Crippen molar-refractivity contribution in [2.24, 2.45) is 11.8 Å². The van der Waals surface area contributed by atoms with E-state index in [1.807, 2.05) is 0 Å². The fraction of sp³-hybridized carbons (Fsp3) is 1.00.